The van der Waals surface area contributed by atoms with Gasteiger partial charge in [0.15, 0.2) is 0 Å². The Hall–Kier alpha value is -1.35. The summed E-state index contributed by atoms with van der Waals surface area (Å²) in [6.45, 7) is 6.42. The van der Waals surface area contributed by atoms with Gasteiger partial charge in [0.2, 0.25) is 5.91 Å². The first kappa shape index (κ1) is 16.0. The lowest BCUT2D eigenvalue weighted by molar-refractivity contribution is -0.131. The zero-order chi connectivity index (χ0) is 15.2. The Bertz CT molecular complexity index is 449. The zero-order valence-electron chi connectivity index (χ0n) is 13.6. The van der Waals surface area contributed by atoms with Gasteiger partial charge in [-0.3, -0.25) is 4.79 Å². The van der Waals surface area contributed by atoms with Crippen LogP contribution >= 0.6 is 0 Å². The summed E-state index contributed by atoms with van der Waals surface area (Å²) in [6, 6.07) is 8.85. The molecule has 1 fully saturated rings. The maximum atomic E-state index is 12.3. The van der Waals surface area contributed by atoms with E-state index in [0.29, 0.717) is 12.3 Å². The Kier molecular flexibility index (Phi) is 5.80. The predicted molar refractivity (Wildman–Crippen MR) is 87.3 cm³/mol. The second-order valence-corrected chi connectivity index (χ2v) is 6.44. The Morgan fingerprint density at radius 1 is 1.38 bits per heavy atom. The van der Waals surface area contributed by atoms with Crippen molar-refractivity contribution in [1.82, 2.24) is 10.2 Å². The molecule has 0 aliphatic carbocycles. The van der Waals surface area contributed by atoms with Crippen LogP contribution in [0.5, 0.6) is 0 Å². The third kappa shape index (κ3) is 4.85. The summed E-state index contributed by atoms with van der Waals surface area (Å²) in [5.74, 6) is 0.969. The number of rotatable bonds is 6. The molecule has 1 aromatic carbocycles. The van der Waals surface area contributed by atoms with Gasteiger partial charge in [0.05, 0.1) is 0 Å². The van der Waals surface area contributed by atoms with Crippen molar-refractivity contribution in [2.75, 3.05) is 20.1 Å². The van der Waals surface area contributed by atoms with Crippen molar-refractivity contribution in [3.8, 4) is 0 Å². The number of carbonyl (C=O) groups excluding carboxylic acids is 1. The van der Waals surface area contributed by atoms with E-state index in [9.17, 15) is 4.79 Å². The summed E-state index contributed by atoms with van der Waals surface area (Å²) in [5.41, 5.74) is 2.58. The molecule has 0 bridgehead atoms. The van der Waals surface area contributed by atoms with Gasteiger partial charge >= 0.3 is 0 Å². The number of nitrogens with one attached hydrogen (secondary N) is 1. The first-order chi connectivity index (χ1) is 10.1. The summed E-state index contributed by atoms with van der Waals surface area (Å²) in [5, 5.41) is 3.36. The fourth-order valence-corrected chi connectivity index (χ4v) is 2.91. The number of carbonyl (C=O) groups is 1. The molecular formula is C18H28N2O. The highest BCUT2D eigenvalue weighted by Gasteiger charge is 2.19. The molecule has 1 aliphatic heterocycles. The van der Waals surface area contributed by atoms with E-state index in [0.717, 1.165) is 25.9 Å². The predicted octanol–water partition coefficient (Wildman–Crippen LogP) is 2.77. The SMILES string of the molecule is Cc1ccc(CC(C)N(C)C(=O)CCC2CCNC2)cc1. The van der Waals surface area contributed by atoms with E-state index >= 15 is 0 Å². The molecule has 2 rings (SSSR count). The fourth-order valence-electron chi connectivity index (χ4n) is 2.91. The zero-order valence-corrected chi connectivity index (χ0v) is 13.6. The van der Waals surface area contributed by atoms with Crippen LogP contribution in [0.25, 0.3) is 0 Å². The van der Waals surface area contributed by atoms with Crippen LogP contribution in [0.2, 0.25) is 0 Å². The van der Waals surface area contributed by atoms with Crippen molar-refractivity contribution >= 4 is 5.91 Å². The van der Waals surface area contributed by atoms with Gasteiger partial charge in [-0.2, -0.15) is 0 Å². The van der Waals surface area contributed by atoms with Gasteiger partial charge in [0.25, 0.3) is 0 Å². The fraction of sp³-hybridized carbons (Fsp3) is 0.611. The third-order valence-corrected chi connectivity index (χ3v) is 4.64. The second-order valence-electron chi connectivity index (χ2n) is 6.44. The van der Waals surface area contributed by atoms with E-state index in [1.807, 2.05) is 11.9 Å². The van der Waals surface area contributed by atoms with Crippen LogP contribution in [0.15, 0.2) is 24.3 Å². The maximum Gasteiger partial charge on any atom is 0.222 e. The molecule has 0 saturated carbocycles. The molecule has 21 heavy (non-hydrogen) atoms. The molecular weight excluding hydrogens is 260 g/mol. The summed E-state index contributed by atoms with van der Waals surface area (Å²) >= 11 is 0. The van der Waals surface area contributed by atoms with Crippen LogP contribution in [-0.4, -0.2) is 37.0 Å². The van der Waals surface area contributed by atoms with E-state index in [1.165, 1.54) is 17.5 Å². The normalized spacial score (nSPS) is 19.5. The van der Waals surface area contributed by atoms with Crippen LogP contribution in [0.4, 0.5) is 0 Å². The van der Waals surface area contributed by atoms with E-state index in [-0.39, 0.29) is 11.9 Å². The Labute approximate surface area is 128 Å². The summed E-state index contributed by atoms with van der Waals surface area (Å²) in [6.07, 6.45) is 3.85. The maximum absolute atomic E-state index is 12.3. The molecule has 3 nitrogen and oxygen atoms in total. The van der Waals surface area contributed by atoms with Crippen molar-refractivity contribution < 1.29 is 4.79 Å². The first-order valence-corrected chi connectivity index (χ1v) is 8.08. The molecule has 0 spiro atoms. The highest BCUT2D eigenvalue weighted by Crippen LogP contribution is 2.16. The topological polar surface area (TPSA) is 32.3 Å². The van der Waals surface area contributed by atoms with Crippen LogP contribution in [-0.2, 0) is 11.2 Å². The van der Waals surface area contributed by atoms with Gasteiger partial charge in [-0.25, -0.2) is 0 Å². The van der Waals surface area contributed by atoms with Crippen LogP contribution in [0.3, 0.4) is 0 Å². The smallest absolute Gasteiger partial charge is 0.222 e. The van der Waals surface area contributed by atoms with Crippen molar-refractivity contribution in [2.45, 2.75) is 45.6 Å². The highest BCUT2D eigenvalue weighted by atomic mass is 16.2. The minimum absolute atomic E-state index is 0.252. The lowest BCUT2D eigenvalue weighted by Crippen LogP contribution is -2.36. The summed E-state index contributed by atoms with van der Waals surface area (Å²) < 4.78 is 0. The average Bonchev–Trinajstić information content (AvgIpc) is 2.99. The van der Waals surface area contributed by atoms with E-state index < -0.39 is 0 Å². The van der Waals surface area contributed by atoms with Gasteiger partial charge in [-0.1, -0.05) is 29.8 Å². The highest BCUT2D eigenvalue weighted by molar-refractivity contribution is 5.76. The molecule has 0 aromatic heterocycles. The van der Waals surface area contributed by atoms with Gasteiger partial charge in [-0.05, 0) is 57.7 Å². The van der Waals surface area contributed by atoms with Crippen LogP contribution in [0.1, 0.15) is 37.3 Å². The first-order valence-electron chi connectivity index (χ1n) is 8.08. The minimum Gasteiger partial charge on any atom is -0.343 e. The number of amides is 1. The van der Waals surface area contributed by atoms with Crippen molar-refractivity contribution in [2.24, 2.45) is 5.92 Å². The number of benzene rings is 1. The third-order valence-electron chi connectivity index (χ3n) is 4.64. The monoisotopic (exact) mass is 288 g/mol. The van der Waals surface area contributed by atoms with Gasteiger partial charge in [0.1, 0.15) is 0 Å². The lowest BCUT2D eigenvalue weighted by Gasteiger charge is -2.25. The van der Waals surface area contributed by atoms with Gasteiger partial charge in [0, 0.05) is 19.5 Å². The number of hydrogen-bond donors (Lipinski definition) is 1. The molecule has 1 N–H and O–H groups in total. The number of nitrogens with zero attached hydrogens (tertiary/aromatic N) is 1. The quantitative estimate of drug-likeness (QED) is 0.873. The summed E-state index contributed by atoms with van der Waals surface area (Å²) in [7, 11) is 1.94. The van der Waals surface area contributed by atoms with E-state index in [2.05, 4.69) is 43.4 Å². The Balaban J connectivity index is 1.78. The van der Waals surface area contributed by atoms with Crippen LogP contribution < -0.4 is 5.32 Å². The van der Waals surface area contributed by atoms with Crippen molar-refractivity contribution in [3.05, 3.63) is 35.4 Å². The molecule has 2 unspecified atom stereocenters. The molecule has 1 amide bonds. The number of likely N-dealkylation sites (N-methyl/N-ethyl adjacent to an activating group) is 1. The molecule has 2 atom stereocenters. The Morgan fingerprint density at radius 3 is 2.71 bits per heavy atom. The summed E-state index contributed by atoms with van der Waals surface area (Å²) in [4.78, 5) is 14.2. The molecule has 1 heterocycles. The standard InChI is InChI=1S/C18H28N2O/c1-14-4-6-16(7-5-14)12-15(2)20(3)18(21)9-8-17-10-11-19-13-17/h4-7,15,17,19H,8-13H2,1-3H3. The minimum atomic E-state index is 0.252. The van der Waals surface area contributed by atoms with E-state index in [4.69, 9.17) is 0 Å². The lowest BCUT2D eigenvalue weighted by atomic mass is 10.0. The number of hydrogen-bond acceptors (Lipinski definition) is 2. The Morgan fingerprint density at radius 2 is 2.10 bits per heavy atom. The molecule has 3 heteroatoms. The van der Waals surface area contributed by atoms with Gasteiger partial charge < -0.3 is 10.2 Å². The molecule has 1 aliphatic rings. The number of aryl methyl sites for hydroxylation is 1. The average molecular weight is 288 g/mol. The molecule has 0 radical (unpaired) electrons. The largest absolute Gasteiger partial charge is 0.343 e. The van der Waals surface area contributed by atoms with Crippen molar-refractivity contribution in [1.29, 1.82) is 0 Å². The molecule has 116 valence electrons. The molecule has 1 saturated heterocycles. The van der Waals surface area contributed by atoms with Gasteiger partial charge in [-0.15, -0.1) is 0 Å². The van der Waals surface area contributed by atoms with Crippen LogP contribution in [0, 0.1) is 12.8 Å². The van der Waals surface area contributed by atoms with Crippen molar-refractivity contribution in [3.63, 3.8) is 0 Å². The van der Waals surface area contributed by atoms with E-state index in [1.54, 1.807) is 0 Å². The molecule has 1 aromatic rings. The second kappa shape index (κ2) is 7.60.